The lowest BCUT2D eigenvalue weighted by Crippen LogP contribution is -2.42. The molecule has 0 spiro atoms. The van der Waals surface area contributed by atoms with E-state index < -0.39 is 5.41 Å². The molecule has 0 aromatic heterocycles. The molecule has 132 valence electrons. The molecule has 0 saturated heterocycles. The first-order valence-corrected chi connectivity index (χ1v) is 9.67. The summed E-state index contributed by atoms with van der Waals surface area (Å²) in [5.74, 6) is 0.528. The zero-order valence-electron chi connectivity index (χ0n) is 15.2. The van der Waals surface area contributed by atoms with E-state index in [0.717, 1.165) is 43.2 Å². The molecule has 3 saturated carbocycles. The van der Waals surface area contributed by atoms with Crippen LogP contribution < -0.4 is 0 Å². The highest BCUT2D eigenvalue weighted by Gasteiger charge is 2.64. The molecule has 3 fully saturated rings. The molecule has 3 aliphatic carbocycles. The minimum atomic E-state index is -0.454. The first kappa shape index (κ1) is 17.0. The van der Waals surface area contributed by atoms with Crippen molar-refractivity contribution in [2.24, 2.45) is 16.7 Å². The van der Waals surface area contributed by atoms with Crippen LogP contribution in [-0.2, 0) is 15.0 Å². The van der Waals surface area contributed by atoms with Gasteiger partial charge in [-0.3, -0.25) is 9.59 Å². The van der Waals surface area contributed by atoms with Crippen molar-refractivity contribution >= 4 is 23.2 Å². The van der Waals surface area contributed by atoms with Crippen LogP contribution in [0.1, 0.15) is 58.4 Å². The molecule has 0 radical (unpaired) electrons. The van der Waals surface area contributed by atoms with Crippen LogP contribution in [0.3, 0.4) is 0 Å². The van der Waals surface area contributed by atoms with Gasteiger partial charge in [0.2, 0.25) is 0 Å². The Morgan fingerprint density at radius 3 is 2.24 bits per heavy atom. The number of halogens is 1. The molecule has 1 unspecified atom stereocenters. The van der Waals surface area contributed by atoms with Gasteiger partial charge in [0.05, 0.1) is 5.41 Å². The highest BCUT2D eigenvalue weighted by molar-refractivity contribution is 6.30. The molecule has 3 aliphatic rings. The molecular formula is C22H25ClO2. The van der Waals surface area contributed by atoms with Crippen molar-refractivity contribution in [3.63, 3.8) is 0 Å². The van der Waals surface area contributed by atoms with Crippen molar-refractivity contribution in [1.82, 2.24) is 0 Å². The van der Waals surface area contributed by atoms with Crippen molar-refractivity contribution in [2.75, 3.05) is 0 Å². The van der Waals surface area contributed by atoms with Crippen LogP contribution in [0, 0.1) is 16.7 Å². The summed E-state index contributed by atoms with van der Waals surface area (Å²) in [5, 5.41) is 0.682. The summed E-state index contributed by atoms with van der Waals surface area (Å²) < 4.78 is 0. The van der Waals surface area contributed by atoms with E-state index in [1.807, 2.05) is 24.3 Å². The fourth-order valence-corrected chi connectivity index (χ4v) is 5.48. The highest BCUT2D eigenvalue weighted by atomic mass is 35.5. The molecule has 0 amide bonds. The van der Waals surface area contributed by atoms with Gasteiger partial charge in [-0.15, -0.1) is 0 Å². The number of hydrogen-bond donors (Lipinski definition) is 0. The summed E-state index contributed by atoms with van der Waals surface area (Å²) >= 11 is 6.01. The van der Waals surface area contributed by atoms with Gasteiger partial charge in [-0.1, -0.05) is 50.9 Å². The van der Waals surface area contributed by atoms with E-state index >= 15 is 0 Å². The van der Waals surface area contributed by atoms with E-state index in [-0.39, 0.29) is 28.3 Å². The van der Waals surface area contributed by atoms with Crippen LogP contribution in [0.25, 0.3) is 0 Å². The minimum absolute atomic E-state index is 0.0523. The standard InChI is InChI=1S/C22H25ClO2/c1-20(2)17-9-12-21(20,3)19(25)16(17)13-18(24)22(10-4-11-22)14-5-7-15(23)8-6-14/h5-8,13,17H,4,9-12H2,1-3H3/b16-13+/t17-,21?/m0/s1. The summed E-state index contributed by atoms with van der Waals surface area (Å²) in [6, 6.07) is 7.63. The summed E-state index contributed by atoms with van der Waals surface area (Å²) in [4.78, 5) is 26.3. The molecule has 4 rings (SSSR count). The fraction of sp³-hybridized carbons (Fsp3) is 0.545. The third-order valence-electron chi connectivity index (χ3n) is 7.73. The first-order valence-electron chi connectivity index (χ1n) is 9.29. The number of fused-ring (bicyclic) bond motifs is 2. The van der Waals surface area contributed by atoms with Crippen LogP contribution in [0.15, 0.2) is 35.9 Å². The Morgan fingerprint density at radius 2 is 1.76 bits per heavy atom. The third kappa shape index (κ3) is 2.10. The number of carbonyl (C=O) groups is 2. The van der Waals surface area contributed by atoms with Crippen molar-refractivity contribution in [2.45, 2.75) is 58.3 Å². The quantitative estimate of drug-likeness (QED) is 0.690. The van der Waals surface area contributed by atoms with E-state index in [9.17, 15) is 9.59 Å². The van der Waals surface area contributed by atoms with Gasteiger partial charge in [-0.2, -0.15) is 0 Å². The Balaban J connectivity index is 1.71. The average molecular weight is 357 g/mol. The van der Waals surface area contributed by atoms with Crippen LogP contribution >= 0.6 is 11.6 Å². The summed E-state index contributed by atoms with van der Waals surface area (Å²) in [5.41, 5.74) is 1.00. The average Bonchev–Trinajstić information content (AvgIpc) is 2.82. The maximum atomic E-state index is 13.3. The predicted octanol–water partition coefficient (Wildman–Crippen LogP) is 5.28. The lowest BCUT2D eigenvalue weighted by Gasteiger charge is -2.40. The van der Waals surface area contributed by atoms with Crippen LogP contribution in [-0.4, -0.2) is 11.6 Å². The number of benzene rings is 1. The zero-order chi connectivity index (χ0) is 18.0. The van der Waals surface area contributed by atoms with Crippen LogP contribution in [0.5, 0.6) is 0 Å². The largest absolute Gasteiger partial charge is 0.294 e. The maximum Gasteiger partial charge on any atom is 0.166 e. The molecule has 1 aromatic carbocycles. The van der Waals surface area contributed by atoms with Gasteiger partial charge in [-0.05, 0) is 60.8 Å². The lowest BCUT2D eigenvalue weighted by atomic mass is 9.61. The third-order valence-corrected chi connectivity index (χ3v) is 7.98. The zero-order valence-corrected chi connectivity index (χ0v) is 16.0. The Bertz CT molecular complexity index is 783. The smallest absolute Gasteiger partial charge is 0.166 e. The van der Waals surface area contributed by atoms with E-state index in [0.29, 0.717) is 5.02 Å². The second-order valence-electron chi connectivity index (χ2n) is 8.88. The Hall–Kier alpha value is -1.41. The van der Waals surface area contributed by atoms with Crippen LogP contribution in [0.2, 0.25) is 5.02 Å². The number of hydrogen-bond acceptors (Lipinski definition) is 2. The summed E-state index contributed by atoms with van der Waals surface area (Å²) in [6.45, 7) is 6.46. The van der Waals surface area contributed by atoms with Crippen molar-refractivity contribution < 1.29 is 9.59 Å². The molecule has 3 heteroatoms. The van der Waals surface area contributed by atoms with E-state index in [4.69, 9.17) is 11.6 Å². The molecule has 2 atom stereocenters. The monoisotopic (exact) mass is 356 g/mol. The highest BCUT2D eigenvalue weighted by Crippen LogP contribution is 2.65. The molecule has 2 bridgehead atoms. The van der Waals surface area contributed by atoms with Gasteiger partial charge in [0.25, 0.3) is 0 Å². The Kier molecular flexibility index (Phi) is 3.61. The van der Waals surface area contributed by atoms with Crippen molar-refractivity contribution in [1.29, 1.82) is 0 Å². The summed E-state index contributed by atoms with van der Waals surface area (Å²) in [6.07, 6.45) is 6.44. The van der Waals surface area contributed by atoms with E-state index in [1.54, 1.807) is 6.08 Å². The SMILES string of the molecule is CC12CC[C@@H](/C(=C\C(=O)C3(c4ccc(Cl)cc4)CCC3)C1=O)C2(C)C. The van der Waals surface area contributed by atoms with Gasteiger partial charge < -0.3 is 0 Å². The Labute approximate surface area is 154 Å². The molecular weight excluding hydrogens is 332 g/mol. The number of Topliss-reactive ketones (excluding diaryl/α,β-unsaturated/α-hetero) is 1. The normalized spacial score (nSPS) is 33.5. The fourth-order valence-electron chi connectivity index (χ4n) is 5.35. The molecule has 0 heterocycles. The number of ketones is 2. The number of carbonyl (C=O) groups excluding carboxylic acids is 2. The molecule has 25 heavy (non-hydrogen) atoms. The van der Waals surface area contributed by atoms with Crippen molar-refractivity contribution in [3.8, 4) is 0 Å². The summed E-state index contributed by atoms with van der Waals surface area (Å²) in [7, 11) is 0. The molecule has 0 aliphatic heterocycles. The number of rotatable bonds is 3. The van der Waals surface area contributed by atoms with Crippen molar-refractivity contribution in [3.05, 3.63) is 46.5 Å². The van der Waals surface area contributed by atoms with Crippen LogP contribution in [0.4, 0.5) is 0 Å². The topological polar surface area (TPSA) is 34.1 Å². The molecule has 2 nitrogen and oxygen atoms in total. The maximum absolute atomic E-state index is 13.3. The minimum Gasteiger partial charge on any atom is -0.294 e. The lowest BCUT2D eigenvalue weighted by molar-refractivity contribution is -0.126. The molecule has 1 aromatic rings. The van der Waals surface area contributed by atoms with Gasteiger partial charge in [-0.25, -0.2) is 0 Å². The van der Waals surface area contributed by atoms with E-state index in [1.165, 1.54) is 0 Å². The Morgan fingerprint density at radius 1 is 1.12 bits per heavy atom. The predicted molar refractivity (Wildman–Crippen MR) is 99.7 cm³/mol. The molecule has 0 N–H and O–H groups in total. The number of allylic oxidation sites excluding steroid dienone is 2. The van der Waals surface area contributed by atoms with Gasteiger partial charge in [0, 0.05) is 16.0 Å². The second kappa shape index (κ2) is 5.30. The van der Waals surface area contributed by atoms with Gasteiger partial charge in [0.1, 0.15) is 0 Å². The van der Waals surface area contributed by atoms with E-state index in [2.05, 4.69) is 20.8 Å². The first-order chi connectivity index (χ1) is 11.7. The second-order valence-corrected chi connectivity index (χ2v) is 9.32. The van der Waals surface area contributed by atoms with Gasteiger partial charge >= 0.3 is 0 Å². The van der Waals surface area contributed by atoms with Gasteiger partial charge in [0.15, 0.2) is 11.6 Å².